The van der Waals surface area contributed by atoms with Crippen molar-refractivity contribution in [2.24, 2.45) is 0 Å². The van der Waals surface area contributed by atoms with E-state index in [0.717, 1.165) is 25.7 Å². The molecule has 0 radical (unpaired) electrons. The topological polar surface area (TPSA) is 43.4 Å². The van der Waals surface area contributed by atoms with Gasteiger partial charge in [0.1, 0.15) is 5.25 Å². The van der Waals surface area contributed by atoms with Crippen molar-refractivity contribution in [1.82, 2.24) is 0 Å². The van der Waals surface area contributed by atoms with E-state index in [4.69, 9.17) is 4.18 Å². The zero-order chi connectivity index (χ0) is 9.19. The van der Waals surface area contributed by atoms with Gasteiger partial charge in [-0.05, 0) is 13.3 Å². The second-order valence-electron chi connectivity index (χ2n) is 3.33. The highest BCUT2D eigenvalue weighted by atomic mass is 32.2. The van der Waals surface area contributed by atoms with E-state index in [2.05, 4.69) is 6.92 Å². The van der Waals surface area contributed by atoms with Crippen molar-refractivity contribution < 1.29 is 12.6 Å². The number of hydrogen-bond donors (Lipinski definition) is 0. The van der Waals surface area contributed by atoms with Crippen LogP contribution in [0.3, 0.4) is 0 Å². The Kier molecular flexibility index (Phi) is 3.12. The Morgan fingerprint density at radius 1 is 1.33 bits per heavy atom. The fraction of sp³-hybridized carbons (Fsp3) is 1.00. The molecule has 3 nitrogen and oxygen atoms in total. The maximum Gasteiger partial charge on any atom is 0.272 e. The first-order chi connectivity index (χ1) is 5.58. The molecule has 1 fully saturated rings. The monoisotopic (exact) mass is 192 g/mol. The molecule has 72 valence electrons. The van der Waals surface area contributed by atoms with Crippen LogP contribution in [0.5, 0.6) is 0 Å². The van der Waals surface area contributed by atoms with Crippen LogP contribution in [0, 0.1) is 0 Å². The van der Waals surface area contributed by atoms with Crippen LogP contribution in [0.4, 0.5) is 0 Å². The van der Waals surface area contributed by atoms with Crippen molar-refractivity contribution in [3.8, 4) is 0 Å². The van der Waals surface area contributed by atoms with E-state index in [9.17, 15) is 8.42 Å². The summed E-state index contributed by atoms with van der Waals surface area (Å²) < 4.78 is 26.4. The first-order valence-electron chi connectivity index (χ1n) is 4.50. The van der Waals surface area contributed by atoms with E-state index >= 15 is 0 Å². The summed E-state index contributed by atoms with van der Waals surface area (Å²) in [4.78, 5) is 0. The van der Waals surface area contributed by atoms with Gasteiger partial charge in [0.2, 0.25) is 0 Å². The molecule has 4 heteroatoms. The lowest BCUT2D eigenvalue weighted by molar-refractivity contribution is 0.133. The number of hydrogen-bond acceptors (Lipinski definition) is 3. The summed E-state index contributed by atoms with van der Waals surface area (Å²) in [6.45, 7) is 3.84. The maximum atomic E-state index is 10.8. The largest absolute Gasteiger partial charge is 0.272 e. The van der Waals surface area contributed by atoms with Gasteiger partial charge in [0.05, 0.1) is 6.10 Å². The SMILES string of the molecule is CCCCCC1OS(=O)(=O)C1C. The average Bonchev–Trinajstić information content (AvgIpc) is 2.03. The summed E-state index contributed by atoms with van der Waals surface area (Å²) in [6, 6.07) is 0. The minimum atomic E-state index is -3.15. The van der Waals surface area contributed by atoms with Crippen molar-refractivity contribution >= 4 is 10.1 Å². The molecular weight excluding hydrogens is 176 g/mol. The molecule has 12 heavy (non-hydrogen) atoms. The van der Waals surface area contributed by atoms with Crippen LogP contribution in [-0.2, 0) is 14.3 Å². The number of rotatable bonds is 4. The molecule has 1 aliphatic rings. The van der Waals surface area contributed by atoms with Gasteiger partial charge >= 0.3 is 0 Å². The van der Waals surface area contributed by atoms with Gasteiger partial charge in [0, 0.05) is 0 Å². The Bertz CT molecular complexity index is 233. The molecule has 0 aromatic carbocycles. The first kappa shape index (κ1) is 9.99. The lowest BCUT2D eigenvalue weighted by Crippen LogP contribution is -2.47. The first-order valence-corrected chi connectivity index (χ1v) is 5.97. The minimum absolute atomic E-state index is 0.0402. The van der Waals surface area contributed by atoms with Gasteiger partial charge in [0.25, 0.3) is 10.1 Å². The zero-order valence-corrected chi connectivity index (χ0v) is 8.43. The van der Waals surface area contributed by atoms with Crippen LogP contribution < -0.4 is 0 Å². The highest BCUT2D eigenvalue weighted by molar-refractivity contribution is 7.88. The highest BCUT2D eigenvalue weighted by Gasteiger charge is 2.43. The van der Waals surface area contributed by atoms with Gasteiger partial charge in [-0.2, -0.15) is 8.42 Å². The van der Waals surface area contributed by atoms with Crippen molar-refractivity contribution in [3.05, 3.63) is 0 Å². The van der Waals surface area contributed by atoms with Crippen molar-refractivity contribution in [2.45, 2.75) is 50.9 Å². The molecular formula is C8H16O3S. The molecule has 1 saturated heterocycles. The maximum absolute atomic E-state index is 10.8. The predicted octanol–water partition coefficient (Wildman–Crippen LogP) is 1.68. The normalized spacial score (nSPS) is 32.8. The van der Waals surface area contributed by atoms with E-state index in [1.54, 1.807) is 6.92 Å². The quantitative estimate of drug-likeness (QED) is 0.503. The molecule has 2 atom stereocenters. The van der Waals surface area contributed by atoms with Crippen molar-refractivity contribution in [3.63, 3.8) is 0 Å². The Morgan fingerprint density at radius 2 is 2.00 bits per heavy atom. The van der Waals surface area contributed by atoms with Gasteiger partial charge in [-0.3, -0.25) is 4.18 Å². The van der Waals surface area contributed by atoms with Gasteiger partial charge < -0.3 is 0 Å². The predicted molar refractivity (Wildman–Crippen MR) is 47.4 cm³/mol. The molecule has 0 saturated carbocycles. The Balaban J connectivity index is 2.22. The summed E-state index contributed by atoms with van der Waals surface area (Å²) in [5, 5.41) is -0.283. The third-order valence-electron chi connectivity index (χ3n) is 2.33. The van der Waals surface area contributed by atoms with Gasteiger partial charge in [-0.25, -0.2) is 0 Å². The lowest BCUT2D eigenvalue weighted by atomic mass is 10.1. The third-order valence-corrected chi connectivity index (χ3v) is 4.06. The van der Waals surface area contributed by atoms with Gasteiger partial charge in [-0.15, -0.1) is 0 Å². The molecule has 1 heterocycles. The molecule has 0 amide bonds. The molecule has 1 aliphatic heterocycles. The summed E-state index contributed by atoms with van der Waals surface area (Å²) in [5.41, 5.74) is 0. The standard InChI is InChI=1S/C8H16O3S/c1-3-4-5-6-8-7(2)12(9,10)11-8/h7-8H,3-6H2,1-2H3. The van der Waals surface area contributed by atoms with Gasteiger partial charge in [0.15, 0.2) is 0 Å². The molecule has 0 bridgehead atoms. The summed E-state index contributed by atoms with van der Waals surface area (Å²) in [6.07, 6.45) is 4.23. The van der Waals surface area contributed by atoms with Crippen LogP contribution in [0.2, 0.25) is 0 Å². The summed E-state index contributed by atoms with van der Waals surface area (Å²) in [7, 11) is -3.15. The van der Waals surface area contributed by atoms with Crippen LogP contribution in [0.1, 0.15) is 39.5 Å². The Morgan fingerprint density at radius 3 is 2.42 bits per heavy atom. The zero-order valence-electron chi connectivity index (χ0n) is 7.62. The molecule has 0 N–H and O–H groups in total. The van der Waals surface area contributed by atoms with Crippen LogP contribution in [0.15, 0.2) is 0 Å². The molecule has 0 spiro atoms. The summed E-state index contributed by atoms with van der Waals surface area (Å²) >= 11 is 0. The Labute approximate surface area is 74.2 Å². The van der Waals surface area contributed by atoms with E-state index in [-0.39, 0.29) is 11.4 Å². The van der Waals surface area contributed by atoms with Crippen molar-refractivity contribution in [1.29, 1.82) is 0 Å². The minimum Gasteiger partial charge on any atom is -0.265 e. The molecule has 0 aliphatic carbocycles. The van der Waals surface area contributed by atoms with Gasteiger partial charge in [-0.1, -0.05) is 26.2 Å². The lowest BCUT2D eigenvalue weighted by Gasteiger charge is -2.32. The summed E-state index contributed by atoms with van der Waals surface area (Å²) in [5.74, 6) is 0. The van der Waals surface area contributed by atoms with E-state index < -0.39 is 10.1 Å². The fourth-order valence-corrected chi connectivity index (χ4v) is 2.52. The smallest absolute Gasteiger partial charge is 0.265 e. The van der Waals surface area contributed by atoms with E-state index in [1.807, 2.05) is 0 Å². The van der Waals surface area contributed by atoms with Crippen LogP contribution in [-0.4, -0.2) is 19.8 Å². The third kappa shape index (κ3) is 1.98. The van der Waals surface area contributed by atoms with E-state index in [0.29, 0.717) is 0 Å². The average molecular weight is 192 g/mol. The highest BCUT2D eigenvalue weighted by Crippen LogP contribution is 2.28. The molecule has 0 aromatic rings. The second kappa shape index (κ2) is 3.75. The van der Waals surface area contributed by atoms with Crippen LogP contribution in [0.25, 0.3) is 0 Å². The fourth-order valence-electron chi connectivity index (χ4n) is 1.35. The van der Waals surface area contributed by atoms with E-state index in [1.165, 1.54) is 0 Å². The Hall–Kier alpha value is -0.0900. The van der Waals surface area contributed by atoms with Crippen molar-refractivity contribution in [2.75, 3.05) is 0 Å². The molecule has 2 unspecified atom stereocenters. The second-order valence-corrected chi connectivity index (χ2v) is 5.25. The number of unbranched alkanes of at least 4 members (excludes halogenated alkanes) is 2. The molecule has 1 rings (SSSR count). The molecule has 0 aromatic heterocycles. The van der Waals surface area contributed by atoms with Crippen LogP contribution >= 0.6 is 0 Å².